The van der Waals surface area contributed by atoms with Gasteiger partial charge in [0.25, 0.3) is 11.8 Å². The van der Waals surface area contributed by atoms with E-state index in [2.05, 4.69) is 0 Å². The Hall–Kier alpha value is -3.41. The zero-order valence-corrected chi connectivity index (χ0v) is 14.0. The second-order valence-electron chi connectivity index (χ2n) is 6.16. The summed E-state index contributed by atoms with van der Waals surface area (Å²) in [6, 6.07) is 14.2. The molecule has 0 unspecified atom stereocenters. The highest BCUT2D eigenvalue weighted by Crippen LogP contribution is 2.24. The first kappa shape index (κ1) is 16.1. The molecule has 1 aliphatic heterocycles. The van der Waals surface area contributed by atoms with Gasteiger partial charge in [0.15, 0.2) is 0 Å². The largest absolute Gasteiger partial charge is 0.457 e. The summed E-state index contributed by atoms with van der Waals surface area (Å²) in [6.45, 7) is 1.35. The Morgan fingerprint density at radius 3 is 2.62 bits per heavy atom. The molecule has 2 heterocycles. The van der Waals surface area contributed by atoms with E-state index < -0.39 is 24.3 Å². The lowest BCUT2D eigenvalue weighted by Gasteiger charge is -2.12. The number of carbonyl (C=O) groups is 3. The number of nitrogens with zero attached hydrogens (tertiary/aromatic N) is 1. The molecule has 0 saturated heterocycles. The summed E-state index contributed by atoms with van der Waals surface area (Å²) in [5.74, 6) is -1.13. The van der Waals surface area contributed by atoms with E-state index in [-0.39, 0.29) is 6.61 Å². The van der Waals surface area contributed by atoms with Gasteiger partial charge in [0.2, 0.25) is 0 Å². The minimum atomic E-state index is -0.670. The third-order valence-electron chi connectivity index (χ3n) is 4.27. The van der Waals surface area contributed by atoms with Crippen molar-refractivity contribution in [2.45, 2.75) is 13.5 Å². The van der Waals surface area contributed by atoms with Gasteiger partial charge >= 0.3 is 5.97 Å². The van der Waals surface area contributed by atoms with Gasteiger partial charge in [0.1, 0.15) is 24.5 Å². The summed E-state index contributed by atoms with van der Waals surface area (Å²) < 4.78 is 10.7. The lowest BCUT2D eigenvalue weighted by Crippen LogP contribution is -2.35. The van der Waals surface area contributed by atoms with E-state index in [1.165, 1.54) is 0 Å². The Kier molecular flexibility index (Phi) is 3.80. The first-order valence-corrected chi connectivity index (χ1v) is 8.13. The summed E-state index contributed by atoms with van der Waals surface area (Å²) in [5.41, 5.74) is 2.21. The molecule has 1 aliphatic rings. The molecule has 0 saturated carbocycles. The molecule has 130 valence electrons. The predicted molar refractivity (Wildman–Crippen MR) is 92.6 cm³/mol. The molecule has 0 atom stereocenters. The van der Waals surface area contributed by atoms with Gasteiger partial charge in [-0.05, 0) is 31.2 Å². The lowest BCUT2D eigenvalue weighted by atomic mass is 10.1. The van der Waals surface area contributed by atoms with Crippen LogP contribution >= 0.6 is 0 Å². The van der Waals surface area contributed by atoms with Gasteiger partial charge in [-0.1, -0.05) is 29.8 Å². The van der Waals surface area contributed by atoms with Crippen LogP contribution in [0.1, 0.15) is 32.0 Å². The van der Waals surface area contributed by atoms with Crippen molar-refractivity contribution < 1.29 is 23.5 Å². The number of ether oxygens (including phenoxy) is 1. The highest BCUT2D eigenvalue weighted by atomic mass is 16.5. The third kappa shape index (κ3) is 2.75. The SMILES string of the molecule is Cc1ccc2c(c1)C(=O)N(CC(=O)OCc1cc3ccccc3o1)C2=O. The quantitative estimate of drug-likeness (QED) is 0.534. The molecule has 2 aromatic carbocycles. The summed E-state index contributed by atoms with van der Waals surface area (Å²) in [7, 11) is 0. The molecule has 0 aliphatic carbocycles. The number of carbonyl (C=O) groups excluding carboxylic acids is 3. The summed E-state index contributed by atoms with van der Waals surface area (Å²) >= 11 is 0. The fourth-order valence-corrected chi connectivity index (χ4v) is 2.98. The van der Waals surface area contributed by atoms with Crippen molar-refractivity contribution >= 4 is 28.8 Å². The van der Waals surface area contributed by atoms with Gasteiger partial charge in [0.05, 0.1) is 11.1 Å². The molecule has 4 rings (SSSR count). The van der Waals surface area contributed by atoms with Crippen LogP contribution < -0.4 is 0 Å². The van der Waals surface area contributed by atoms with Gasteiger partial charge in [0, 0.05) is 5.39 Å². The average molecular weight is 349 g/mol. The molecule has 6 heteroatoms. The Morgan fingerprint density at radius 2 is 1.81 bits per heavy atom. The number of rotatable bonds is 4. The zero-order valence-electron chi connectivity index (χ0n) is 14.0. The van der Waals surface area contributed by atoms with Crippen molar-refractivity contribution in [2.24, 2.45) is 0 Å². The molecule has 0 fully saturated rings. The molecular weight excluding hydrogens is 334 g/mol. The number of hydrogen-bond acceptors (Lipinski definition) is 5. The topological polar surface area (TPSA) is 76.8 Å². The molecular formula is C20H15NO5. The minimum absolute atomic E-state index is 0.0597. The van der Waals surface area contributed by atoms with Gasteiger partial charge in [-0.15, -0.1) is 0 Å². The standard InChI is InChI=1S/C20H15NO5/c1-12-6-7-15-16(8-12)20(24)21(19(15)23)10-18(22)25-11-14-9-13-4-2-3-5-17(13)26-14/h2-9H,10-11H2,1H3. The summed E-state index contributed by atoms with van der Waals surface area (Å²) in [5, 5.41) is 0.911. The Bertz CT molecular complexity index is 1020. The molecule has 1 aromatic heterocycles. The van der Waals surface area contributed by atoms with Crippen LogP contribution in [0.4, 0.5) is 0 Å². The van der Waals surface area contributed by atoms with E-state index in [4.69, 9.17) is 9.15 Å². The highest BCUT2D eigenvalue weighted by Gasteiger charge is 2.36. The number of furan rings is 1. The molecule has 2 amide bonds. The fourth-order valence-electron chi connectivity index (χ4n) is 2.98. The number of benzene rings is 2. The predicted octanol–water partition coefficient (Wildman–Crippen LogP) is 3.08. The minimum Gasteiger partial charge on any atom is -0.457 e. The summed E-state index contributed by atoms with van der Waals surface area (Å²) in [4.78, 5) is 37.7. The zero-order chi connectivity index (χ0) is 18.3. The van der Waals surface area contributed by atoms with Gasteiger partial charge in [-0.25, -0.2) is 0 Å². The van der Waals surface area contributed by atoms with Crippen LogP contribution in [0, 0.1) is 6.92 Å². The average Bonchev–Trinajstić information content (AvgIpc) is 3.14. The number of esters is 1. The number of hydrogen-bond donors (Lipinski definition) is 0. The van der Waals surface area contributed by atoms with E-state index in [0.29, 0.717) is 22.5 Å². The normalized spacial score (nSPS) is 13.3. The maximum absolute atomic E-state index is 12.4. The van der Waals surface area contributed by atoms with Crippen molar-refractivity contribution in [1.82, 2.24) is 4.90 Å². The number of aryl methyl sites for hydroxylation is 1. The molecule has 0 spiro atoms. The van der Waals surface area contributed by atoms with Gasteiger partial charge in [-0.2, -0.15) is 0 Å². The van der Waals surface area contributed by atoms with Crippen LogP contribution in [0.2, 0.25) is 0 Å². The van der Waals surface area contributed by atoms with Crippen molar-refractivity contribution in [2.75, 3.05) is 6.54 Å². The van der Waals surface area contributed by atoms with Crippen LogP contribution in [0.15, 0.2) is 52.9 Å². The first-order chi connectivity index (χ1) is 12.5. The number of amides is 2. The Balaban J connectivity index is 1.42. The maximum atomic E-state index is 12.4. The van der Waals surface area contributed by atoms with Crippen LogP contribution in [0.5, 0.6) is 0 Å². The third-order valence-corrected chi connectivity index (χ3v) is 4.27. The van der Waals surface area contributed by atoms with Crippen LogP contribution in [0.3, 0.4) is 0 Å². The Labute approximate surface area is 149 Å². The van der Waals surface area contributed by atoms with Crippen molar-refractivity contribution in [3.8, 4) is 0 Å². The molecule has 3 aromatic rings. The molecule has 0 radical (unpaired) electrons. The van der Waals surface area contributed by atoms with Gasteiger partial charge in [-0.3, -0.25) is 19.3 Å². The first-order valence-electron chi connectivity index (χ1n) is 8.13. The Morgan fingerprint density at radius 1 is 1.04 bits per heavy atom. The smallest absolute Gasteiger partial charge is 0.326 e. The van der Waals surface area contributed by atoms with E-state index in [1.807, 2.05) is 31.2 Å². The second-order valence-corrected chi connectivity index (χ2v) is 6.16. The maximum Gasteiger partial charge on any atom is 0.326 e. The molecule has 6 nitrogen and oxygen atoms in total. The number of imide groups is 1. The van der Waals surface area contributed by atoms with Crippen molar-refractivity contribution in [3.63, 3.8) is 0 Å². The molecule has 0 bridgehead atoms. The molecule has 26 heavy (non-hydrogen) atoms. The van der Waals surface area contributed by atoms with Crippen LogP contribution in [-0.4, -0.2) is 29.2 Å². The van der Waals surface area contributed by atoms with E-state index >= 15 is 0 Å². The van der Waals surface area contributed by atoms with Crippen LogP contribution in [0.25, 0.3) is 11.0 Å². The second kappa shape index (κ2) is 6.15. The van der Waals surface area contributed by atoms with Gasteiger partial charge < -0.3 is 9.15 Å². The fraction of sp³-hybridized carbons (Fsp3) is 0.150. The molecule has 0 N–H and O–H groups in total. The lowest BCUT2D eigenvalue weighted by molar-refractivity contribution is -0.145. The van der Waals surface area contributed by atoms with E-state index in [9.17, 15) is 14.4 Å². The highest BCUT2D eigenvalue weighted by molar-refractivity contribution is 6.22. The van der Waals surface area contributed by atoms with Crippen LogP contribution in [-0.2, 0) is 16.1 Å². The van der Waals surface area contributed by atoms with Crippen molar-refractivity contribution in [1.29, 1.82) is 0 Å². The monoisotopic (exact) mass is 349 g/mol. The number of para-hydroxylation sites is 1. The summed E-state index contributed by atoms with van der Waals surface area (Å²) in [6.07, 6.45) is 0. The number of fused-ring (bicyclic) bond motifs is 2. The van der Waals surface area contributed by atoms with E-state index in [1.54, 1.807) is 24.3 Å². The van der Waals surface area contributed by atoms with E-state index in [0.717, 1.165) is 15.8 Å². The van der Waals surface area contributed by atoms with Crippen molar-refractivity contribution in [3.05, 3.63) is 71.0 Å².